The predicted octanol–water partition coefficient (Wildman–Crippen LogP) is 2.56. The standard InChI is InChI=1S/C15H26N2O3/c1-3-12-7-6-9-16(11-12)14(20)17-10-5-4-8-15(17,2)13(18)19/h12H,3-11H2,1-2H3,(H,18,19). The molecular formula is C15H26N2O3. The number of urea groups is 1. The molecule has 2 aliphatic heterocycles. The van der Waals surface area contributed by atoms with E-state index in [-0.39, 0.29) is 6.03 Å². The summed E-state index contributed by atoms with van der Waals surface area (Å²) in [5, 5.41) is 9.50. The summed E-state index contributed by atoms with van der Waals surface area (Å²) in [5.74, 6) is -0.317. The molecule has 0 aliphatic carbocycles. The number of aliphatic carboxylic acids is 1. The first-order valence-electron chi connectivity index (χ1n) is 7.79. The molecule has 1 N–H and O–H groups in total. The maximum Gasteiger partial charge on any atom is 0.329 e. The fourth-order valence-electron chi connectivity index (χ4n) is 3.39. The van der Waals surface area contributed by atoms with Crippen LogP contribution < -0.4 is 0 Å². The highest BCUT2D eigenvalue weighted by Crippen LogP contribution is 2.30. The highest BCUT2D eigenvalue weighted by atomic mass is 16.4. The van der Waals surface area contributed by atoms with Gasteiger partial charge in [0.2, 0.25) is 0 Å². The molecule has 20 heavy (non-hydrogen) atoms. The zero-order valence-electron chi connectivity index (χ0n) is 12.6. The minimum atomic E-state index is -1.03. The molecule has 0 aromatic carbocycles. The molecule has 114 valence electrons. The van der Waals surface area contributed by atoms with Gasteiger partial charge in [0.25, 0.3) is 0 Å². The largest absolute Gasteiger partial charge is 0.480 e. The Hall–Kier alpha value is -1.26. The van der Waals surface area contributed by atoms with Gasteiger partial charge in [-0.2, -0.15) is 0 Å². The zero-order valence-corrected chi connectivity index (χ0v) is 12.6. The second-order valence-electron chi connectivity index (χ2n) is 6.33. The minimum Gasteiger partial charge on any atom is -0.480 e. The number of piperidine rings is 2. The quantitative estimate of drug-likeness (QED) is 0.846. The average molecular weight is 282 g/mol. The normalized spacial score (nSPS) is 31.2. The van der Waals surface area contributed by atoms with Gasteiger partial charge in [0.1, 0.15) is 5.54 Å². The third kappa shape index (κ3) is 2.76. The van der Waals surface area contributed by atoms with Crippen LogP contribution in [0.5, 0.6) is 0 Å². The summed E-state index contributed by atoms with van der Waals surface area (Å²) in [6.45, 7) is 5.95. The van der Waals surface area contributed by atoms with Crippen LogP contribution in [0.3, 0.4) is 0 Å². The number of nitrogens with zero attached hydrogens (tertiary/aromatic N) is 2. The van der Waals surface area contributed by atoms with Crippen LogP contribution in [-0.2, 0) is 4.79 Å². The van der Waals surface area contributed by atoms with Gasteiger partial charge in [0.15, 0.2) is 0 Å². The van der Waals surface area contributed by atoms with Crippen molar-refractivity contribution in [1.82, 2.24) is 9.80 Å². The number of carbonyl (C=O) groups is 2. The van der Waals surface area contributed by atoms with Crippen LogP contribution in [0, 0.1) is 5.92 Å². The van der Waals surface area contributed by atoms with Crippen LogP contribution >= 0.6 is 0 Å². The molecule has 0 bridgehead atoms. The van der Waals surface area contributed by atoms with Gasteiger partial charge in [-0.25, -0.2) is 9.59 Å². The Morgan fingerprint density at radius 2 is 2.00 bits per heavy atom. The highest BCUT2D eigenvalue weighted by Gasteiger charge is 2.45. The third-order valence-corrected chi connectivity index (χ3v) is 4.95. The molecular weight excluding hydrogens is 256 g/mol. The molecule has 0 aromatic heterocycles. The van der Waals surface area contributed by atoms with Crippen molar-refractivity contribution >= 4 is 12.0 Å². The first-order chi connectivity index (χ1) is 9.49. The van der Waals surface area contributed by atoms with E-state index in [1.807, 2.05) is 4.90 Å². The van der Waals surface area contributed by atoms with Crippen molar-refractivity contribution in [3.8, 4) is 0 Å². The van der Waals surface area contributed by atoms with Gasteiger partial charge >= 0.3 is 12.0 Å². The molecule has 0 aromatic rings. The summed E-state index contributed by atoms with van der Waals surface area (Å²) in [7, 11) is 0. The summed E-state index contributed by atoms with van der Waals surface area (Å²) in [5.41, 5.74) is -1.03. The van der Waals surface area contributed by atoms with Crippen LogP contribution in [-0.4, -0.2) is 52.1 Å². The van der Waals surface area contributed by atoms with E-state index >= 15 is 0 Å². The third-order valence-electron chi connectivity index (χ3n) is 4.95. The Labute approximate surface area is 120 Å². The molecule has 2 amide bonds. The molecule has 0 spiro atoms. The van der Waals surface area contributed by atoms with Crippen LogP contribution in [0.25, 0.3) is 0 Å². The lowest BCUT2D eigenvalue weighted by Gasteiger charge is -2.45. The van der Waals surface area contributed by atoms with Gasteiger partial charge in [0, 0.05) is 19.6 Å². The van der Waals surface area contributed by atoms with Crippen molar-refractivity contribution in [2.24, 2.45) is 5.92 Å². The van der Waals surface area contributed by atoms with Crippen molar-refractivity contribution in [3.05, 3.63) is 0 Å². The Morgan fingerprint density at radius 3 is 2.65 bits per heavy atom. The number of carboxylic acids is 1. The summed E-state index contributed by atoms with van der Waals surface area (Å²) in [6.07, 6.45) is 5.63. The highest BCUT2D eigenvalue weighted by molar-refractivity contribution is 5.86. The molecule has 2 rings (SSSR count). The van der Waals surface area contributed by atoms with Gasteiger partial charge in [-0.15, -0.1) is 0 Å². The molecule has 5 nitrogen and oxygen atoms in total. The van der Waals surface area contributed by atoms with Crippen molar-refractivity contribution in [3.63, 3.8) is 0 Å². The van der Waals surface area contributed by atoms with Crippen LogP contribution in [0.15, 0.2) is 0 Å². The number of amides is 2. The first kappa shape index (κ1) is 15.1. The Kier molecular flexibility index (Phi) is 4.55. The van der Waals surface area contributed by atoms with Crippen LogP contribution in [0.2, 0.25) is 0 Å². The number of hydrogen-bond donors (Lipinski definition) is 1. The molecule has 5 heteroatoms. The second-order valence-corrected chi connectivity index (χ2v) is 6.33. The van der Waals surface area contributed by atoms with E-state index in [4.69, 9.17) is 0 Å². The number of hydrogen-bond acceptors (Lipinski definition) is 2. The molecule has 2 atom stereocenters. The second kappa shape index (κ2) is 6.02. The van der Waals surface area contributed by atoms with Gasteiger partial charge in [-0.1, -0.05) is 13.3 Å². The topological polar surface area (TPSA) is 60.9 Å². The van der Waals surface area contributed by atoms with Gasteiger partial charge in [-0.3, -0.25) is 0 Å². The van der Waals surface area contributed by atoms with Gasteiger partial charge in [-0.05, 0) is 44.9 Å². The van der Waals surface area contributed by atoms with E-state index in [9.17, 15) is 14.7 Å². The Morgan fingerprint density at radius 1 is 1.25 bits per heavy atom. The molecule has 2 fully saturated rings. The predicted molar refractivity (Wildman–Crippen MR) is 76.6 cm³/mol. The van der Waals surface area contributed by atoms with Gasteiger partial charge < -0.3 is 14.9 Å². The maximum atomic E-state index is 12.7. The van der Waals surface area contributed by atoms with Crippen LogP contribution in [0.4, 0.5) is 4.79 Å². The maximum absolute atomic E-state index is 12.7. The monoisotopic (exact) mass is 282 g/mol. The lowest BCUT2D eigenvalue weighted by Crippen LogP contribution is -2.61. The van der Waals surface area contributed by atoms with E-state index in [0.29, 0.717) is 18.9 Å². The first-order valence-corrected chi connectivity index (χ1v) is 7.79. The molecule has 2 heterocycles. The van der Waals surface area contributed by atoms with E-state index < -0.39 is 11.5 Å². The average Bonchev–Trinajstić information content (AvgIpc) is 2.47. The molecule has 0 saturated carbocycles. The summed E-state index contributed by atoms with van der Waals surface area (Å²) < 4.78 is 0. The number of likely N-dealkylation sites (tertiary alicyclic amines) is 2. The Balaban J connectivity index is 2.11. The van der Waals surface area contributed by atoms with E-state index in [0.717, 1.165) is 38.8 Å². The molecule has 2 saturated heterocycles. The lowest BCUT2D eigenvalue weighted by molar-refractivity contribution is -0.150. The molecule has 2 unspecified atom stereocenters. The van der Waals surface area contributed by atoms with E-state index in [1.165, 1.54) is 6.42 Å². The van der Waals surface area contributed by atoms with E-state index in [2.05, 4.69) is 6.92 Å². The molecule has 0 radical (unpaired) electrons. The Bertz CT molecular complexity index is 385. The number of carbonyl (C=O) groups excluding carboxylic acids is 1. The van der Waals surface area contributed by atoms with E-state index in [1.54, 1.807) is 11.8 Å². The van der Waals surface area contributed by atoms with Crippen molar-refractivity contribution in [1.29, 1.82) is 0 Å². The number of rotatable bonds is 2. The smallest absolute Gasteiger partial charge is 0.329 e. The molecule has 2 aliphatic rings. The lowest BCUT2D eigenvalue weighted by atomic mass is 9.88. The minimum absolute atomic E-state index is 0.0762. The zero-order chi connectivity index (χ0) is 14.8. The van der Waals surface area contributed by atoms with Crippen molar-refractivity contribution in [2.75, 3.05) is 19.6 Å². The fourth-order valence-corrected chi connectivity index (χ4v) is 3.39. The van der Waals surface area contributed by atoms with Crippen molar-refractivity contribution in [2.45, 2.75) is 57.9 Å². The van der Waals surface area contributed by atoms with Crippen LogP contribution in [0.1, 0.15) is 52.4 Å². The summed E-state index contributed by atoms with van der Waals surface area (Å²) in [6, 6.07) is -0.0762. The summed E-state index contributed by atoms with van der Waals surface area (Å²) >= 11 is 0. The summed E-state index contributed by atoms with van der Waals surface area (Å²) in [4.78, 5) is 27.8. The SMILES string of the molecule is CCC1CCCN(C(=O)N2CCCCC2(C)C(=O)O)C1. The van der Waals surface area contributed by atoms with Crippen molar-refractivity contribution < 1.29 is 14.7 Å². The fraction of sp³-hybridized carbons (Fsp3) is 0.867. The number of carboxylic acid groups (broad SMARTS) is 1. The van der Waals surface area contributed by atoms with Gasteiger partial charge in [0.05, 0.1) is 0 Å².